The van der Waals surface area contributed by atoms with Crippen molar-refractivity contribution in [2.24, 2.45) is 0 Å². The number of hydrogen-bond acceptors (Lipinski definition) is 4. The van der Waals surface area contributed by atoms with Gasteiger partial charge in [-0.05, 0) is 38.0 Å². The number of aryl methyl sites for hydroxylation is 1. The molecular weight excluding hydrogens is 409 g/mol. The van der Waals surface area contributed by atoms with Gasteiger partial charge in [0.2, 0.25) is 0 Å². The number of unbranched alkanes of at least 4 members (excludes halogenated alkanes) is 1. The summed E-state index contributed by atoms with van der Waals surface area (Å²) in [6, 6.07) is 4.42. The number of rotatable bonds is 8. The maximum Gasteiger partial charge on any atom is 0.416 e. The van der Waals surface area contributed by atoms with Gasteiger partial charge in [-0.25, -0.2) is 4.98 Å². The van der Waals surface area contributed by atoms with E-state index in [9.17, 15) is 18.0 Å². The Morgan fingerprint density at radius 2 is 1.97 bits per heavy atom. The second kappa shape index (κ2) is 9.05. The van der Waals surface area contributed by atoms with Crippen LogP contribution in [0, 0.1) is 6.92 Å². The quantitative estimate of drug-likeness (QED) is 0.513. The predicted octanol–water partition coefficient (Wildman–Crippen LogP) is 4.89. The van der Waals surface area contributed by atoms with E-state index in [2.05, 4.69) is 28.6 Å². The zero-order valence-electron chi connectivity index (χ0n) is 17.7. The van der Waals surface area contributed by atoms with E-state index in [-0.39, 0.29) is 17.1 Å². The fourth-order valence-corrected chi connectivity index (χ4v) is 3.25. The maximum absolute atomic E-state index is 12.9. The van der Waals surface area contributed by atoms with Crippen molar-refractivity contribution in [3.05, 3.63) is 63.8 Å². The number of benzene rings is 1. The van der Waals surface area contributed by atoms with Crippen LogP contribution in [0.15, 0.2) is 35.6 Å². The van der Waals surface area contributed by atoms with Gasteiger partial charge in [0.05, 0.1) is 18.2 Å². The highest BCUT2D eigenvalue weighted by atomic mass is 19.4. The molecule has 0 aliphatic rings. The van der Waals surface area contributed by atoms with Crippen LogP contribution in [0.4, 0.5) is 13.2 Å². The van der Waals surface area contributed by atoms with E-state index >= 15 is 0 Å². The first-order chi connectivity index (χ1) is 14.6. The summed E-state index contributed by atoms with van der Waals surface area (Å²) in [6.07, 6.45) is -2.48. The van der Waals surface area contributed by atoms with Crippen LogP contribution in [0.1, 0.15) is 55.4 Å². The van der Waals surface area contributed by atoms with Gasteiger partial charge >= 0.3 is 6.18 Å². The van der Waals surface area contributed by atoms with Crippen LogP contribution in [0.5, 0.6) is 0 Å². The highest BCUT2D eigenvalue weighted by Crippen LogP contribution is 2.32. The molecule has 0 radical (unpaired) electrons. The van der Waals surface area contributed by atoms with E-state index in [0.717, 1.165) is 25.0 Å². The standard InChI is InChI=1S/C22H25F3N4O2/c1-5-6-11-31-12-13(2)29-20-19(26-15(4)27-21(20)30)18(28-29)14(3)16-7-9-17(10-8-16)22(23,24)25/h7-10,13H,3,5-6,11-12H2,1-2,4H3,(H,26,27,30)/t13-/m1/s1. The summed E-state index contributed by atoms with van der Waals surface area (Å²) in [6.45, 7) is 10.6. The Morgan fingerprint density at radius 1 is 1.29 bits per heavy atom. The molecule has 0 aliphatic heterocycles. The molecule has 0 bridgehead atoms. The molecule has 2 heterocycles. The molecule has 3 aromatic rings. The zero-order chi connectivity index (χ0) is 22.8. The third-order valence-corrected chi connectivity index (χ3v) is 4.94. The highest BCUT2D eigenvalue weighted by molar-refractivity contribution is 5.91. The van der Waals surface area contributed by atoms with E-state index < -0.39 is 11.7 Å². The molecule has 166 valence electrons. The average Bonchev–Trinajstić information content (AvgIpc) is 3.10. The number of halogens is 3. The number of aromatic amines is 1. The Kier molecular flexibility index (Phi) is 6.64. The smallest absolute Gasteiger partial charge is 0.379 e. The van der Waals surface area contributed by atoms with E-state index in [1.54, 1.807) is 11.6 Å². The SMILES string of the molecule is C=C(c1ccc(C(F)(F)F)cc1)c1nn([C@H](C)COCCCC)c2c(=O)[nH]c(C)nc12. The van der Waals surface area contributed by atoms with Gasteiger partial charge in [0.1, 0.15) is 17.0 Å². The van der Waals surface area contributed by atoms with Gasteiger partial charge in [-0.2, -0.15) is 18.3 Å². The Hall–Kier alpha value is -2.94. The van der Waals surface area contributed by atoms with Crippen molar-refractivity contribution < 1.29 is 17.9 Å². The van der Waals surface area contributed by atoms with Crippen molar-refractivity contribution in [1.29, 1.82) is 0 Å². The lowest BCUT2D eigenvalue weighted by Crippen LogP contribution is -2.19. The molecule has 1 N–H and O–H groups in total. The molecular formula is C22H25F3N4O2. The van der Waals surface area contributed by atoms with Crippen molar-refractivity contribution in [2.45, 2.75) is 45.8 Å². The van der Waals surface area contributed by atoms with Crippen LogP contribution in [-0.2, 0) is 10.9 Å². The molecule has 0 amide bonds. The lowest BCUT2D eigenvalue weighted by atomic mass is 10.0. The van der Waals surface area contributed by atoms with Crippen molar-refractivity contribution in [1.82, 2.24) is 19.7 Å². The normalized spacial score (nSPS) is 13.0. The van der Waals surface area contributed by atoms with E-state index in [1.807, 2.05) is 6.92 Å². The monoisotopic (exact) mass is 434 g/mol. The molecule has 0 spiro atoms. The average molecular weight is 434 g/mol. The molecule has 1 atom stereocenters. The minimum absolute atomic E-state index is 0.251. The number of ether oxygens (including phenoxy) is 1. The van der Waals surface area contributed by atoms with Gasteiger partial charge in [0.15, 0.2) is 5.52 Å². The zero-order valence-corrected chi connectivity index (χ0v) is 17.7. The third-order valence-electron chi connectivity index (χ3n) is 4.94. The van der Waals surface area contributed by atoms with Crippen LogP contribution in [-0.4, -0.2) is 33.0 Å². The number of alkyl halides is 3. The molecule has 0 saturated carbocycles. The number of nitrogens with zero attached hydrogens (tertiary/aromatic N) is 3. The summed E-state index contributed by atoms with van der Waals surface area (Å²) in [7, 11) is 0. The van der Waals surface area contributed by atoms with Gasteiger partial charge in [-0.3, -0.25) is 9.48 Å². The van der Waals surface area contributed by atoms with Crippen molar-refractivity contribution in [3.8, 4) is 0 Å². The third kappa shape index (κ3) is 4.87. The summed E-state index contributed by atoms with van der Waals surface area (Å²) < 4.78 is 45.9. The van der Waals surface area contributed by atoms with Crippen molar-refractivity contribution in [2.75, 3.05) is 13.2 Å². The molecule has 0 unspecified atom stereocenters. The highest BCUT2D eigenvalue weighted by Gasteiger charge is 2.30. The minimum atomic E-state index is -4.42. The largest absolute Gasteiger partial charge is 0.416 e. The summed E-state index contributed by atoms with van der Waals surface area (Å²) >= 11 is 0. The molecule has 3 rings (SSSR count). The maximum atomic E-state index is 12.9. The summed E-state index contributed by atoms with van der Waals surface area (Å²) in [5.74, 6) is 0.408. The first-order valence-corrected chi connectivity index (χ1v) is 10.1. The number of H-pyrrole nitrogens is 1. The number of fused-ring (bicyclic) bond motifs is 1. The number of aromatic nitrogens is 4. The first-order valence-electron chi connectivity index (χ1n) is 10.1. The Balaban J connectivity index is 2.02. The fourth-order valence-electron chi connectivity index (χ4n) is 3.25. The Bertz CT molecular complexity index is 1130. The van der Waals surface area contributed by atoms with Gasteiger partial charge < -0.3 is 9.72 Å². The summed E-state index contributed by atoms with van der Waals surface area (Å²) in [5.41, 5.74) is 0.737. The second-order valence-corrected chi connectivity index (χ2v) is 7.47. The first kappa shape index (κ1) is 22.7. The van der Waals surface area contributed by atoms with Gasteiger partial charge in [0, 0.05) is 12.2 Å². The van der Waals surface area contributed by atoms with E-state index in [0.29, 0.717) is 41.4 Å². The predicted molar refractivity (Wildman–Crippen MR) is 113 cm³/mol. The molecule has 31 heavy (non-hydrogen) atoms. The van der Waals surface area contributed by atoms with Crippen LogP contribution < -0.4 is 5.56 Å². The fraction of sp³-hybridized carbons (Fsp3) is 0.409. The summed E-state index contributed by atoms with van der Waals surface area (Å²) in [5, 5.41) is 4.57. The molecule has 0 fully saturated rings. The van der Waals surface area contributed by atoms with Crippen molar-refractivity contribution in [3.63, 3.8) is 0 Å². The second-order valence-electron chi connectivity index (χ2n) is 7.47. The van der Waals surface area contributed by atoms with Crippen LogP contribution in [0.2, 0.25) is 0 Å². The van der Waals surface area contributed by atoms with Gasteiger partial charge in [0.25, 0.3) is 5.56 Å². The van der Waals surface area contributed by atoms with Crippen LogP contribution >= 0.6 is 0 Å². The number of hydrogen-bond donors (Lipinski definition) is 1. The summed E-state index contributed by atoms with van der Waals surface area (Å²) in [4.78, 5) is 19.8. The topological polar surface area (TPSA) is 72.8 Å². The minimum Gasteiger partial charge on any atom is -0.379 e. The van der Waals surface area contributed by atoms with Gasteiger partial charge in [-0.15, -0.1) is 0 Å². The number of nitrogens with one attached hydrogen (secondary N) is 1. The molecule has 0 aliphatic carbocycles. The molecule has 1 aromatic carbocycles. The van der Waals surface area contributed by atoms with Gasteiger partial charge in [-0.1, -0.05) is 32.1 Å². The Labute approximate surface area is 177 Å². The molecule has 0 saturated heterocycles. The molecule has 6 nitrogen and oxygen atoms in total. The van der Waals surface area contributed by atoms with Crippen LogP contribution in [0.3, 0.4) is 0 Å². The molecule has 9 heteroatoms. The van der Waals surface area contributed by atoms with Crippen molar-refractivity contribution >= 4 is 16.6 Å². The van der Waals surface area contributed by atoms with E-state index in [1.165, 1.54) is 12.1 Å². The molecule has 2 aromatic heterocycles. The lowest BCUT2D eigenvalue weighted by molar-refractivity contribution is -0.137. The van der Waals surface area contributed by atoms with E-state index in [4.69, 9.17) is 4.74 Å². The Morgan fingerprint density at radius 3 is 2.58 bits per heavy atom. The lowest BCUT2D eigenvalue weighted by Gasteiger charge is -2.13. The van der Waals surface area contributed by atoms with Crippen LogP contribution in [0.25, 0.3) is 16.6 Å².